The summed E-state index contributed by atoms with van der Waals surface area (Å²) in [6.07, 6.45) is 7.24. The Morgan fingerprint density at radius 3 is 1.82 bits per heavy atom. The molecule has 3 nitrogen and oxygen atoms in total. The van der Waals surface area contributed by atoms with E-state index in [9.17, 15) is 8.42 Å². The smallest absolute Gasteiger partial charge is 0.212 e. The van der Waals surface area contributed by atoms with E-state index in [2.05, 4.69) is 25.5 Å². The first kappa shape index (κ1) is 15.4. The van der Waals surface area contributed by atoms with Crippen molar-refractivity contribution in [2.45, 2.75) is 65.3 Å². The second-order valence-electron chi connectivity index (χ2n) is 9.74. The molecular formula is C18H31NO2S. The molecule has 0 aromatic heterocycles. The van der Waals surface area contributed by atoms with Crippen LogP contribution >= 0.6 is 0 Å². The normalized spacial score (nSPS) is 44.5. The molecule has 5 rings (SSSR count). The Labute approximate surface area is 135 Å². The second kappa shape index (κ2) is 4.95. The molecule has 0 radical (unpaired) electrons. The average Bonchev–Trinajstić information content (AvgIpc) is 3.14. The molecule has 0 amide bonds. The van der Waals surface area contributed by atoms with Gasteiger partial charge in [-0.25, -0.2) is 13.1 Å². The first-order valence-corrected chi connectivity index (χ1v) is 10.9. The van der Waals surface area contributed by atoms with Crippen molar-refractivity contribution in [1.82, 2.24) is 4.72 Å². The average molecular weight is 326 g/mol. The molecule has 0 aromatic rings. The summed E-state index contributed by atoms with van der Waals surface area (Å²) in [6, 6.07) is 0.247. The molecule has 1 N–H and O–H groups in total. The lowest BCUT2D eigenvalue weighted by atomic mass is 9.46. The van der Waals surface area contributed by atoms with E-state index in [0.29, 0.717) is 28.9 Å². The van der Waals surface area contributed by atoms with Crippen molar-refractivity contribution in [1.29, 1.82) is 0 Å². The van der Waals surface area contributed by atoms with Crippen LogP contribution in [-0.2, 0) is 10.0 Å². The van der Waals surface area contributed by atoms with E-state index < -0.39 is 10.0 Å². The summed E-state index contributed by atoms with van der Waals surface area (Å²) in [5, 5.41) is 0. The Hall–Kier alpha value is -0.0900. The minimum Gasteiger partial charge on any atom is -0.212 e. The highest BCUT2D eigenvalue weighted by Crippen LogP contribution is 2.60. The molecule has 0 aromatic carbocycles. The van der Waals surface area contributed by atoms with Crippen molar-refractivity contribution >= 4 is 10.0 Å². The Morgan fingerprint density at radius 1 is 0.909 bits per heavy atom. The van der Waals surface area contributed by atoms with Crippen molar-refractivity contribution in [3.05, 3.63) is 0 Å². The van der Waals surface area contributed by atoms with Crippen LogP contribution in [0.1, 0.15) is 59.3 Å². The van der Waals surface area contributed by atoms with E-state index in [4.69, 9.17) is 0 Å². The van der Waals surface area contributed by atoms with Crippen molar-refractivity contribution in [3.8, 4) is 0 Å². The van der Waals surface area contributed by atoms with Crippen LogP contribution in [0, 0.1) is 40.9 Å². The zero-order chi connectivity index (χ0) is 15.7. The molecule has 5 aliphatic carbocycles. The van der Waals surface area contributed by atoms with E-state index >= 15 is 0 Å². The third kappa shape index (κ3) is 2.75. The molecule has 4 heteroatoms. The first-order valence-electron chi connectivity index (χ1n) is 9.23. The Balaban J connectivity index is 1.47. The number of rotatable bonds is 4. The lowest BCUT2D eigenvalue weighted by Gasteiger charge is -2.61. The molecule has 5 fully saturated rings. The molecular weight excluding hydrogens is 294 g/mol. The predicted octanol–water partition coefficient (Wildman–Crippen LogP) is 3.41. The first-order chi connectivity index (χ1) is 10.2. The summed E-state index contributed by atoms with van der Waals surface area (Å²) in [6.45, 7) is 7.20. The molecule has 0 spiro atoms. The van der Waals surface area contributed by atoms with Crippen LogP contribution in [0.15, 0.2) is 0 Å². The summed E-state index contributed by atoms with van der Waals surface area (Å²) in [5.41, 5.74) is 0.406. The zero-order valence-electron chi connectivity index (χ0n) is 14.2. The van der Waals surface area contributed by atoms with Crippen LogP contribution in [0.2, 0.25) is 0 Å². The summed E-state index contributed by atoms with van der Waals surface area (Å²) in [5.74, 6) is 4.56. The molecule has 22 heavy (non-hydrogen) atoms. The van der Waals surface area contributed by atoms with Crippen LogP contribution in [0.4, 0.5) is 0 Å². The fraction of sp³-hybridized carbons (Fsp3) is 1.00. The van der Waals surface area contributed by atoms with Gasteiger partial charge in [0, 0.05) is 6.04 Å². The number of hydrogen-bond acceptors (Lipinski definition) is 2. The van der Waals surface area contributed by atoms with Crippen molar-refractivity contribution in [3.63, 3.8) is 0 Å². The van der Waals surface area contributed by atoms with E-state index in [-0.39, 0.29) is 6.04 Å². The number of nitrogens with one attached hydrogen (secondary N) is 1. The monoisotopic (exact) mass is 325 g/mol. The second-order valence-corrected chi connectivity index (χ2v) is 11.5. The maximum atomic E-state index is 12.4. The minimum absolute atomic E-state index is 0.247. The van der Waals surface area contributed by atoms with Crippen LogP contribution in [-0.4, -0.2) is 20.2 Å². The maximum absolute atomic E-state index is 12.4. The van der Waals surface area contributed by atoms with Gasteiger partial charge >= 0.3 is 0 Å². The summed E-state index contributed by atoms with van der Waals surface area (Å²) < 4.78 is 27.9. The zero-order valence-corrected chi connectivity index (χ0v) is 15.0. The van der Waals surface area contributed by atoms with Gasteiger partial charge in [0.1, 0.15) is 0 Å². The SMILES string of the molecule is CC(C)(C)C1C2CC3CC1CC(C2)C3NS(=O)(=O)CC1CC1. The molecule has 0 heterocycles. The van der Waals surface area contributed by atoms with Gasteiger partial charge in [0.2, 0.25) is 10.0 Å². The van der Waals surface area contributed by atoms with Gasteiger partial charge in [-0.15, -0.1) is 0 Å². The van der Waals surface area contributed by atoms with Gasteiger partial charge in [-0.2, -0.15) is 0 Å². The Bertz CT molecular complexity index is 514. The molecule has 5 aliphatic rings. The van der Waals surface area contributed by atoms with Crippen LogP contribution in [0.5, 0.6) is 0 Å². The third-order valence-electron chi connectivity index (χ3n) is 6.92. The van der Waals surface area contributed by atoms with Gasteiger partial charge in [-0.1, -0.05) is 20.8 Å². The van der Waals surface area contributed by atoms with Crippen LogP contribution in [0.25, 0.3) is 0 Å². The highest BCUT2D eigenvalue weighted by atomic mass is 32.2. The molecule has 0 unspecified atom stereocenters. The van der Waals surface area contributed by atoms with E-state index in [1.165, 1.54) is 25.7 Å². The predicted molar refractivity (Wildman–Crippen MR) is 88.8 cm³/mol. The summed E-state index contributed by atoms with van der Waals surface area (Å²) in [7, 11) is -3.05. The van der Waals surface area contributed by atoms with Gasteiger partial charge in [0.05, 0.1) is 5.75 Å². The van der Waals surface area contributed by atoms with E-state index in [1.807, 2.05) is 0 Å². The topological polar surface area (TPSA) is 46.2 Å². The van der Waals surface area contributed by atoms with Crippen LogP contribution in [0.3, 0.4) is 0 Å². The van der Waals surface area contributed by atoms with Gasteiger partial charge < -0.3 is 0 Å². The van der Waals surface area contributed by atoms with Gasteiger partial charge in [0.25, 0.3) is 0 Å². The van der Waals surface area contributed by atoms with E-state index in [1.54, 1.807) is 0 Å². The van der Waals surface area contributed by atoms with Crippen molar-refractivity contribution < 1.29 is 8.42 Å². The fourth-order valence-electron chi connectivity index (χ4n) is 6.34. The largest absolute Gasteiger partial charge is 0.212 e. The summed E-state index contributed by atoms with van der Waals surface area (Å²) >= 11 is 0. The van der Waals surface area contributed by atoms with Crippen molar-refractivity contribution in [2.24, 2.45) is 40.9 Å². The Morgan fingerprint density at radius 2 is 1.41 bits per heavy atom. The minimum atomic E-state index is -3.05. The highest BCUT2D eigenvalue weighted by Gasteiger charge is 2.56. The number of sulfonamides is 1. The summed E-state index contributed by atoms with van der Waals surface area (Å²) in [4.78, 5) is 0. The fourth-order valence-corrected chi connectivity index (χ4v) is 8.19. The maximum Gasteiger partial charge on any atom is 0.212 e. The molecule has 5 saturated carbocycles. The lowest BCUT2D eigenvalue weighted by Crippen LogP contribution is -2.60. The van der Waals surface area contributed by atoms with Gasteiger partial charge in [0.15, 0.2) is 0 Å². The molecule has 0 aliphatic heterocycles. The van der Waals surface area contributed by atoms with Crippen LogP contribution < -0.4 is 4.72 Å². The van der Waals surface area contributed by atoms with Crippen molar-refractivity contribution in [2.75, 3.05) is 5.75 Å². The lowest BCUT2D eigenvalue weighted by molar-refractivity contribution is -0.0950. The quantitative estimate of drug-likeness (QED) is 0.861. The van der Waals surface area contributed by atoms with Gasteiger partial charge in [-0.05, 0) is 79.4 Å². The molecule has 0 saturated heterocycles. The molecule has 126 valence electrons. The Kier molecular flexibility index (Phi) is 3.48. The van der Waals surface area contributed by atoms with E-state index in [0.717, 1.165) is 30.6 Å². The highest BCUT2D eigenvalue weighted by molar-refractivity contribution is 7.89. The third-order valence-corrected chi connectivity index (χ3v) is 8.46. The van der Waals surface area contributed by atoms with Gasteiger partial charge in [-0.3, -0.25) is 0 Å². The molecule has 4 bridgehead atoms. The number of hydrogen-bond donors (Lipinski definition) is 1. The molecule has 0 atom stereocenters. The standard InChI is InChI=1S/C18H31NO2S/c1-18(2,3)16-12-6-14-8-13(16)9-15(7-12)17(14)19-22(20,21)10-11-4-5-11/h11-17,19H,4-10H2,1-3H3.